The molecule has 2 nitrogen and oxygen atoms in total. The minimum absolute atomic E-state index is 0.249. The molecule has 0 aliphatic rings. The first kappa shape index (κ1) is 10.2. The number of aromatic nitrogens is 1. The molecule has 0 radical (unpaired) electrons. The van der Waals surface area contributed by atoms with Crippen LogP contribution in [-0.4, -0.2) is 16.2 Å². The molecule has 0 fully saturated rings. The second kappa shape index (κ2) is 4.38. The number of aryl methyl sites for hydroxylation is 1. The van der Waals surface area contributed by atoms with Gasteiger partial charge in [-0.25, -0.2) is 0 Å². The van der Waals surface area contributed by atoms with Gasteiger partial charge in [0.15, 0.2) is 0 Å². The third kappa shape index (κ3) is 2.81. The van der Waals surface area contributed by atoms with Gasteiger partial charge >= 0.3 is 0 Å². The van der Waals surface area contributed by atoms with E-state index in [0.717, 1.165) is 12.0 Å². The third-order valence-electron chi connectivity index (χ3n) is 2.34. The van der Waals surface area contributed by atoms with Crippen molar-refractivity contribution in [3.63, 3.8) is 0 Å². The van der Waals surface area contributed by atoms with E-state index in [1.54, 1.807) is 6.20 Å². The normalized spacial score (nSPS) is 13.3. The minimum Gasteiger partial charge on any atom is -0.393 e. The molecule has 1 unspecified atom stereocenters. The van der Waals surface area contributed by atoms with Crippen molar-refractivity contribution in [2.75, 3.05) is 0 Å². The van der Waals surface area contributed by atoms with Crippen LogP contribution in [0.1, 0.15) is 25.0 Å². The summed E-state index contributed by atoms with van der Waals surface area (Å²) in [6.07, 6.45) is 4.09. The Bertz CT molecular complexity index is 271. The van der Waals surface area contributed by atoms with Crippen molar-refractivity contribution >= 4 is 0 Å². The fourth-order valence-electron chi connectivity index (χ4n) is 1.19. The van der Waals surface area contributed by atoms with Crippen LogP contribution in [-0.2, 0) is 6.42 Å². The molecule has 0 aliphatic carbocycles. The molecule has 1 N–H and O–H groups in total. The molecular formula is C11H17NO. The zero-order chi connectivity index (χ0) is 9.84. The number of rotatable bonds is 3. The molecule has 1 heterocycles. The molecule has 0 spiro atoms. The quantitative estimate of drug-likeness (QED) is 0.769. The highest BCUT2D eigenvalue weighted by atomic mass is 16.3. The van der Waals surface area contributed by atoms with E-state index in [2.05, 4.69) is 4.98 Å². The largest absolute Gasteiger partial charge is 0.393 e. The molecule has 1 aromatic rings. The molecule has 0 saturated heterocycles. The van der Waals surface area contributed by atoms with Crippen molar-refractivity contribution in [3.8, 4) is 0 Å². The molecule has 1 aromatic heterocycles. The highest BCUT2D eigenvalue weighted by Crippen LogP contribution is 2.12. The Hall–Kier alpha value is -0.890. The van der Waals surface area contributed by atoms with Crippen molar-refractivity contribution in [3.05, 3.63) is 29.6 Å². The van der Waals surface area contributed by atoms with E-state index >= 15 is 0 Å². The number of nitrogens with zero attached hydrogens (tertiary/aromatic N) is 1. The maximum atomic E-state index is 9.68. The summed E-state index contributed by atoms with van der Waals surface area (Å²) in [5, 5.41) is 9.68. The lowest BCUT2D eigenvalue weighted by atomic mass is 9.98. The number of hydrogen-bond donors (Lipinski definition) is 1. The monoisotopic (exact) mass is 179 g/mol. The zero-order valence-corrected chi connectivity index (χ0v) is 8.49. The van der Waals surface area contributed by atoms with Gasteiger partial charge in [0, 0.05) is 12.4 Å². The molecule has 0 bridgehead atoms. The molecule has 72 valence electrons. The number of aliphatic hydroxyl groups excluding tert-OH is 1. The average Bonchev–Trinajstić information content (AvgIpc) is 2.08. The highest BCUT2D eigenvalue weighted by Gasteiger charge is 2.10. The van der Waals surface area contributed by atoms with E-state index in [1.807, 2.05) is 33.0 Å². The molecular weight excluding hydrogens is 162 g/mol. The van der Waals surface area contributed by atoms with Crippen molar-refractivity contribution in [1.82, 2.24) is 4.98 Å². The third-order valence-corrected chi connectivity index (χ3v) is 2.34. The Kier molecular flexibility index (Phi) is 3.43. The summed E-state index contributed by atoms with van der Waals surface area (Å²) in [4.78, 5) is 4.02. The van der Waals surface area contributed by atoms with Crippen LogP contribution < -0.4 is 0 Å². The Morgan fingerprint density at radius 2 is 2.15 bits per heavy atom. The molecule has 0 aliphatic heterocycles. The van der Waals surface area contributed by atoms with E-state index in [9.17, 15) is 5.11 Å². The molecule has 13 heavy (non-hydrogen) atoms. The smallest absolute Gasteiger partial charge is 0.0603 e. The first-order chi connectivity index (χ1) is 6.11. The van der Waals surface area contributed by atoms with Crippen LogP contribution in [0.15, 0.2) is 18.5 Å². The topological polar surface area (TPSA) is 33.1 Å². The molecule has 0 aromatic carbocycles. The Labute approximate surface area is 79.6 Å². The van der Waals surface area contributed by atoms with Crippen LogP contribution in [0.25, 0.3) is 0 Å². The number of aliphatic hydroxyl groups is 1. The molecule has 2 heteroatoms. The maximum Gasteiger partial charge on any atom is 0.0603 e. The van der Waals surface area contributed by atoms with Crippen LogP contribution in [0.2, 0.25) is 0 Å². The molecule has 1 atom stereocenters. The lowest BCUT2D eigenvalue weighted by molar-refractivity contribution is 0.125. The molecule has 1 rings (SSSR count). The Balaban J connectivity index is 2.69. The second-order valence-electron chi connectivity index (χ2n) is 3.82. The number of hydrogen-bond acceptors (Lipinski definition) is 2. The van der Waals surface area contributed by atoms with Crippen LogP contribution in [0.5, 0.6) is 0 Å². The van der Waals surface area contributed by atoms with E-state index in [4.69, 9.17) is 0 Å². The van der Waals surface area contributed by atoms with Crippen molar-refractivity contribution in [2.45, 2.75) is 33.3 Å². The SMILES string of the molecule is Cc1cnccc1CC(O)C(C)C. The van der Waals surface area contributed by atoms with Crippen molar-refractivity contribution in [1.29, 1.82) is 0 Å². The average molecular weight is 179 g/mol. The summed E-state index contributed by atoms with van der Waals surface area (Å²) < 4.78 is 0. The standard InChI is InChI=1S/C11H17NO/c1-8(2)11(13)6-10-4-5-12-7-9(10)3/h4-5,7-8,11,13H,6H2,1-3H3. The van der Waals surface area contributed by atoms with Crippen molar-refractivity contribution in [2.24, 2.45) is 5.92 Å². The van der Waals surface area contributed by atoms with Gasteiger partial charge in [-0.05, 0) is 36.5 Å². The number of pyridine rings is 1. The van der Waals surface area contributed by atoms with Crippen molar-refractivity contribution < 1.29 is 5.11 Å². The highest BCUT2D eigenvalue weighted by molar-refractivity contribution is 5.22. The maximum absolute atomic E-state index is 9.68. The van der Waals surface area contributed by atoms with E-state index in [-0.39, 0.29) is 6.10 Å². The van der Waals surface area contributed by atoms with Gasteiger partial charge in [-0.2, -0.15) is 0 Å². The van der Waals surface area contributed by atoms with Crippen LogP contribution in [0.3, 0.4) is 0 Å². The van der Waals surface area contributed by atoms with E-state index in [1.165, 1.54) is 5.56 Å². The summed E-state index contributed by atoms with van der Waals surface area (Å²) in [7, 11) is 0. The van der Waals surface area contributed by atoms with E-state index in [0.29, 0.717) is 5.92 Å². The van der Waals surface area contributed by atoms with Gasteiger partial charge in [0.25, 0.3) is 0 Å². The van der Waals surface area contributed by atoms with Gasteiger partial charge in [0.2, 0.25) is 0 Å². The van der Waals surface area contributed by atoms with Gasteiger partial charge in [-0.3, -0.25) is 4.98 Å². The zero-order valence-electron chi connectivity index (χ0n) is 8.49. The lowest BCUT2D eigenvalue weighted by Crippen LogP contribution is -2.18. The molecule has 0 saturated carbocycles. The summed E-state index contributed by atoms with van der Waals surface area (Å²) in [6, 6.07) is 1.97. The predicted molar refractivity (Wildman–Crippen MR) is 53.5 cm³/mol. The van der Waals surface area contributed by atoms with Crippen LogP contribution in [0, 0.1) is 12.8 Å². The van der Waals surface area contributed by atoms with Crippen LogP contribution in [0.4, 0.5) is 0 Å². The van der Waals surface area contributed by atoms with Gasteiger partial charge in [-0.15, -0.1) is 0 Å². The first-order valence-corrected chi connectivity index (χ1v) is 4.69. The fraction of sp³-hybridized carbons (Fsp3) is 0.545. The summed E-state index contributed by atoms with van der Waals surface area (Å²) in [6.45, 7) is 6.08. The Morgan fingerprint density at radius 1 is 1.46 bits per heavy atom. The summed E-state index contributed by atoms with van der Waals surface area (Å²) in [5.74, 6) is 0.313. The molecule has 0 amide bonds. The van der Waals surface area contributed by atoms with Gasteiger partial charge in [-0.1, -0.05) is 13.8 Å². The van der Waals surface area contributed by atoms with Gasteiger partial charge in [0.05, 0.1) is 6.10 Å². The van der Waals surface area contributed by atoms with Gasteiger partial charge < -0.3 is 5.11 Å². The van der Waals surface area contributed by atoms with E-state index < -0.39 is 0 Å². The fourth-order valence-corrected chi connectivity index (χ4v) is 1.19. The minimum atomic E-state index is -0.249. The summed E-state index contributed by atoms with van der Waals surface area (Å²) >= 11 is 0. The lowest BCUT2D eigenvalue weighted by Gasteiger charge is -2.15. The Morgan fingerprint density at radius 3 is 2.69 bits per heavy atom. The van der Waals surface area contributed by atoms with Crippen LogP contribution >= 0.6 is 0 Å². The first-order valence-electron chi connectivity index (χ1n) is 4.69. The predicted octanol–water partition coefficient (Wildman–Crippen LogP) is 1.95. The summed E-state index contributed by atoms with van der Waals surface area (Å²) in [5.41, 5.74) is 2.35. The van der Waals surface area contributed by atoms with Gasteiger partial charge in [0.1, 0.15) is 0 Å². The second-order valence-corrected chi connectivity index (χ2v) is 3.82.